The number of carbonyl (C=O) groups is 1. The van der Waals surface area contributed by atoms with Gasteiger partial charge >= 0.3 is 5.97 Å². The van der Waals surface area contributed by atoms with Crippen LogP contribution in [0.4, 0.5) is 0 Å². The smallest absolute Gasteiger partial charge is 0.355 e. The number of fused-ring (bicyclic) bond motifs is 1. The number of rotatable bonds is 9. The Bertz CT molecular complexity index is 1250. The van der Waals surface area contributed by atoms with Crippen LogP contribution in [0.15, 0.2) is 72.8 Å². The Kier molecular flexibility index (Phi) is 7.36. The van der Waals surface area contributed by atoms with E-state index in [9.17, 15) is 4.79 Å². The Labute approximate surface area is 199 Å². The first-order valence-electron chi connectivity index (χ1n) is 11.3. The van der Waals surface area contributed by atoms with Gasteiger partial charge in [-0.05, 0) is 67.6 Å². The number of benzene rings is 3. The molecular formula is C28H28ClNO3. The van der Waals surface area contributed by atoms with E-state index in [1.807, 2.05) is 62.4 Å². The molecule has 3 aromatic carbocycles. The lowest BCUT2D eigenvalue weighted by Crippen LogP contribution is -2.15. The molecule has 0 radical (unpaired) electrons. The van der Waals surface area contributed by atoms with Crippen LogP contribution in [-0.4, -0.2) is 23.8 Å². The Hall–Kier alpha value is -3.24. The summed E-state index contributed by atoms with van der Waals surface area (Å²) in [4.78, 5) is 13.1. The average Bonchev–Trinajstić information content (AvgIpc) is 3.13. The van der Waals surface area contributed by atoms with Crippen LogP contribution in [0.5, 0.6) is 5.75 Å². The summed E-state index contributed by atoms with van der Waals surface area (Å²) in [5.74, 6) is 0.517. The standard InChI is InChI=1S/C28H28ClNO3/c1-3-32-28(31)27-24(13-9-17-33-22-15-16-25(29)20(2)18-22)23-12-7-8-14-26(23)30(27)19-21-10-5-4-6-11-21/h4-8,10-12,14-16,18H,3,9,13,17,19H2,1-2H3. The van der Waals surface area contributed by atoms with Gasteiger partial charge in [0.15, 0.2) is 0 Å². The van der Waals surface area contributed by atoms with Gasteiger partial charge in [-0.2, -0.15) is 0 Å². The van der Waals surface area contributed by atoms with Gasteiger partial charge in [0, 0.05) is 22.5 Å². The Morgan fingerprint density at radius 2 is 1.76 bits per heavy atom. The van der Waals surface area contributed by atoms with E-state index in [4.69, 9.17) is 21.1 Å². The van der Waals surface area contributed by atoms with Crippen molar-refractivity contribution in [3.05, 3.63) is 100 Å². The Balaban J connectivity index is 1.62. The maximum absolute atomic E-state index is 13.1. The molecule has 0 fully saturated rings. The third-order valence-corrected chi connectivity index (χ3v) is 6.12. The largest absolute Gasteiger partial charge is 0.494 e. The molecule has 0 spiro atoms. The molecule has 0 N–H and O–H groups in total. The van der Waals surface area contributed by atoms with E-state index in [-0.39, 0.29) is 5.97 Å². The van der Waals surface area contributed by atoms with E-state index >= 15 is 0 Å². The third kappa shape index (κ3) is 5.23. The van der Waals surface area contributed by atoms with Gasteiger partial charge in [-0.25, -0.2) is 4.79 Å². The van der Waals surface area contributed by atoms with Crippen LogP contribution in [0.25, 0.3) is 10.9 Å². The molecule has 33 heavy (non-hydrogen) atoms. The average molecular weight is 462 g/mol. The quantitative estimate of drug-likeness (QED) is 0.202. The predicted molar refractivity (Wildman–Crippen MR) is 133 cm³/mol. The summed E-state index contributed by atoms with van der Waals surface area (Å²) >= 11 is 6.11. The van der Waals surface area contributed by atoms with Crippen molar-refractivity contribution in [3.8, 4) is 5.75 Å². The fourth-order valence-corrected chi connectivity index (χ4v) is 4.25. The van der Waals surface area contributed by atoms with Crippen LogP contribution >= 0.6 is 11.6 Å². The summed E-state index contributed by atoms with van der Waals surface area (Å²) in [6, 6.07) is 24.0. The highest BCUT2D eigenvalue weighted by atomic mass is 35.5. The van der Waals surface area contributed by atoms with Crippen LogP contribution in [0.2, 0.25) is 5.02 Å². The molecule has 170 valence electrons. The fraction of sp³-hybridized carbons (Fsp3) is 0.250. The number of aromatic nitrogens is 1. The van der Waals surface area contributed by atoms with E-state index < -0.39 is 0 Å². The molecule has 0 bridgehead atoms. The monoisotopic (exact) mass is 461 g/mol. The number of aryl methyl sites for hydroxylation is 2. The van der Waals surface area contributed by atoms with Crippen molar-refractivity contribution in [2.24, 2.45) is 0 Å². The second kappa shape index (κ2) is 10.6. The molecule has 0 saturated carbocycles. The third-order valence-electron chi connectivity index (χ3n) is 5.70. The zero-order valence-corrected chi connectivity index (χ0v) is 19.8. The zero-order chi connectivity index (χ0) is 23.2. The van der Waals surface area contributed by atoms with Gasteiger partial charge < -0.3 is 14.0 Å². The fourth-order valence-electron chi connectivity index (χ4n) is 4.14. The first-order chi connectivity index (χ1) is 16.1. The van der Waals surface area contributed by atoms with Gasteiger partial charge in [-0.15, -0.1) is 0 Å². The molecule has 4 rings (SSSR count). The molecule has 0 aliphatic heterocycles. The minimum Gasteiger partial charge on any atom is -0.494 e. The highest BCUT2D eigenvalue weighted by molar-refractivity contribution is 6.31. The molecule has 0 saturated heterocycles. The highest BCUT2D eigenvalue weighted by Gasteiger charge is 2.23. The first kappa shape index (κ1) is 22.9. The number of para-hydroxylation sites is 1. The first-order valence-corrected chi connectivity index (χ1v) is 11.7. The molecule has 4 aromatic rings. The molecular weight excluding hydrogens is 434 g/mol. The van der Waals surface area contributed by atoms with Crippen molar-refractivity contribution >= 4 is 28.5 Å². The van der Waals surface area contributed by atoms with Gasteiger partial charge in [0.05, 0.1) is 13.2 Å². The number of hydrogen-bond donors (Lipinski definition) is 0. The number of halogens is 1. The summed E-state index contributed by atoms with van der Waals surface area (Å²) in [7, 11) is 0. The van der Waals surface area contributed by atoms with Crippen LogP contribution in [0.1, 0.15) is 40.5 Å². The molecule has 4 nitrogen and oxygen atoms in total. The van der Waals surface area contributed by atoms with E-state index in [0.29, 0.717) is 31.9 Å². The van der Waals surface area contributed by atoms with Gasteiger partial charge in [0.25, 0.3) is 0 Å². The molecule has 0 aliphatic rings. The van der Waals surface area contributed by atoms with Gasteiger partial charge in [-0.3, -0.25) is 0 Å². The van der Waals surface area contributed by atoms with E-state index in [1.54, 1.807) is 0 Å². The summed E-state index contributed by atoms with van der Waals surface area (Å²) in [5.41, 5.74) is 4.80. The van der Waals surface area contributed by atoms with Gasteiger partial charge in [0.2, 0.25) is 0 Å². The number of carbonyl (C=O) groups excluding carboxylic acids is 1. The van der Waals surface area contributed by atoms with Crippen LogP contribution < -0.4 is 4.74 Å². The summed E-state index contributed by atoms with van der Waals surface area (Å²) in [5, 5.41) is 1.81. The van der Waals surface area contributed by atoms with Gasteiger partial charge in [0.1, 0.15) is 11.4 Å². The summed E-state index contributed by atoms with van der Waals surface area (Å²) in [6.45, 7) is 5.29. The zero-order valence-electron chi connectivity index (χ0n) is 19.0. The lowest BCUT2D eigenvalue weighted by atomic mass is 10.1. The SMILES string of the molecule is CCOC(=O)c1c(CCCOc2ccc(Cl)c(C)c2)c2ccccc2n1Cc1ccccc1. The highest BCUT2D eigenvalue weighted by Crippen LogP contribution is 2.29. The van der Waals surface area contributed by atoms with Crippen LogP contribution in [0.3, 0.4) is 0 Å². The summed E-state index contributed by atoms with van der Waals surface area (Å²) < 4.78 is 13.5. The lowest BCUT2D eigenvalue weighted by molar-refractivity contribution is 0.0513. The minimum atomic E-state index is -0.283. The van der Waals surface area contributed by atoms with E-state index in [0.717, 1.165) is 44.8 Å². The number of ether oxygens (including phenoxy) is 2. The normalized spacial score (nSPS) is 11.0. The number of nitrogens with zero attached hydrogens (tertiary/aromatic N) is 1. The number of hydrogen-bond acceptors (Lipinski definition) is 3. The topological polar surface area (TPSA) is 40.5 Å². The van der Waals surface area contributed by atoms with Crippen molar-refractivity contribution in [1.29, 1.82) is 0 Å². The van der Waals surface area contributed by atoms with Crippen molar-refractivity contribution in [2.45, 2.75) is 33.2 Å². The predicted octanol–water partition coefficient (Wildman–Crippen LogP) is 6.84. The molecule has 0 unspecified atom stereocenters. The van der Waals surface area contributed by atoms with E-state index in [1.165, 1.54) is 0 Å². The van der Waals surface area contributed by atoms with Crippen LogP contribution in [-0.2, 0) is 17.7 Å². The molecule has 1 heterocycles. The molecule has 0 amide bonds. The van der Waals surface area contributed by atoms with Crippen LogP contribution in [0, 0.1) is 6.92 Å². The maximum Gasteiger partial charge on any atom is 0.355 e. The lowest BCUT2D eigenvalue weighted by Gasteiger charge is -2.12. The molecule has 0 atom stereocenters. The van der Waals surface area contributed by atoms with Crippen molar-refractivity contribution in [2.75, 3.05) is 13.2 Å². The van der Waals surface area contributed by atoms with Crippen molar-refractivity contribution in [1.82, 2.24) is 4.57 Å². The molecule has 0 aliphatic carbocycles. The molecule has 5 heteroatoms. The Morgan fingerprint density at radius 3 is 2.52 bits per heavy atom. The second-order valence-corrected chi connectivity index (χ2v) is 8.41. The van der Waals surface area contributed by atoms with Gasteiger partial charge in [-0.1, -0.05) is 60.1 Å². The molecule has 1 aromatic heterocycles. The maximum atomic E-state index is 13.1. The minimum absolute atomic E-state index is 0.283. The Morgan fingerprint density at radius 1 is 1.00 bits per heavy atom. The number of esters is 1. The van der Waals surface area contributed by atoms with Crippen molar-refractivity contribution < 1.29 is 14.3 Å². The summed E-state index contributed by atoms with van der Waals surface area (Å²) in [6.07, 6.45) is 1.48. The van der Waals surface area contributed by atoms with E-state index in [2.05, 4.69) is 28.8 Å². The second-order valence-electron chi connectivity index (χ2n) is 8.00. The van der Waals surface area contributed by atoms with Crippen molar-refractivity contribution in [3.63, 3.8) is 0 Å².